The van der Waals surface area contributed by atoms with Crippen molar-refractivity contribution < 1.29 is 19.1 Å². The molecule has 0 saturated heterocycles. The number of ether oxygens (including phenoxy) is 1. The smallest absolute Gasteiger partial charge is 0.341 e. The zero-order chi connectivity index (χ0) is 20.3. The molecule has 2 aromatic heterocycles. The van der Waals surface area contributed by atoms with Crippen LogP contribution in [0.1, 0.15) is 39.4 Å². The van der Waals surface area contributed by atoms with Crippen LogP contribution >= 0.6 is 23.1 Å². The summed E-state index contributed by atoms with van der Waals surface area (Å²) in [5, 5.41) is 3.70. The number of Topliss-reactive ketones (excluding diaryl/α,β-unsaturated/α-hetero) is 1. The number of carbonyl (C=O) groups is 3. The lowest BCUT2D eigenvalue weighted by atomic mass is 10.1. The fraction of sp³-hybridized carbons (Fsp3) is 0.263. The first-order valence-electron chi connectivity index (χ1n) is 8.59. The third-order valence-corrected chi connectivity index (χ3v) is 6.09. The van der Waals surface area contributed by atoms with Crippen LogP contribution in [0.3, 0.4) is 0 Å². The fourth-order valence-corrected chi connectivity index (χ4v) is 4.47. The maximum absolute atomic E-state index is 12.4. The topological polar surface area (TPSA) is 101 Å². The van der Waals surface area contributed by atoms with Crippen LogP contribution in [-0.4, -0.2) is 40.0 Å². The number of esters is 1. The van der Waals surface area contributed by atoms with Gasteiger partial charge in [-0.05, 0) is 38.5 Å². The number of thiophene rings is 1. The number of imidazole rings is 1. The van der Waals surface area contributed by atoms with E-state index in [1.807, 2.05) is 24.3 Å². The third kappa shape index (κ3) is 4.26. The van der Waals surface area contributed by atoms with E-state index in [-0.39, 0.29) is 29.6 Å². The second kappa shape index (κ2) is 8.57. The number of nitrogens with zero attached hydrogens (tertiary/aromatic N) is 1. The molecule has 0 unspecified atom stereocenters. The number of amides is 1. The zero-order valence-electron chi connectivity index (χ0n) is 15.6. The van der Waals surface area contributed by atoms with Gasteiger partial charge in [0.2, 0.25) is 5.91 Å². The lowest BCUT2D eigenvalue weighted by molar-refractivity contribution is -0.113. The number of carbonyl (C=O) groups excluding carboxylic acids is 3. The normalized spacial score (nSPS) is 10.8. The average Bonchev–Trinajstić information content (AvgIpc) is 3.20. The van der Waals surface area contributed by atoms with E-state index in [2.05, 4.69) is 15.3 Å². The molecule has 0 aliphatic carbocycles. The van der Waals surface area contributed by atoms with Gasteiger partial charge in [-0.2, -0.15) is 0 Å². The molecule has 0 aliphatic rings. The molecule has 1 aromatic carbocycles. The average molecular weight is 418 g/mol. The first kappa shape index (κ1) is 20.1. The fourth-order valence-electron chi connectivity index (χ4n) is 2.68. The van der Waals surface area contributed by atoms with Crippen molar-refractivity contribution >= 4 is 56.8 Å². The van der Waals surface area contributed by atoms with Crippen molar-refractivity contribution in [3.8, 4) is 0 Å². The predicted molar refractivity (Wildman–Crippen MR) is 110 cm³/mol. The van der Waals surface area contributed by atoms with Gasteiger partial charge in [0, 0.05) is 0 Å². The molecule has 3 aromatic rings. The number of hydrogen-bond acceptors (Lipinski definition) is 7. The summed E-state index contributed by atoms with van der Waals surface area (Å²) in [7, 11) is 0. The van der Waals surface area contributed by atoms with Gasteiger partial charge in [0.25, 0.3) is 0 Å². The lowest BCUT2D eigenvalue weighted by Crippen LogP contribution is -2.16. The minimum absolute atomic E-state index is 0.106. The molecule has 0 fully saturated rings. The highest BCUT2D eigenvalue weighted by molar-refractivity contribution is 7.99. The van der Waals surface area contributed by atoms with Crippen molar-refractivity contribution in [2.45, 2.75) is 25.9 Å². The highest BCUT2D eigenvalue weighted by Crippen LogP contribution is 2.34. The number of rotatable bonds is 7. The Bertz CT molecular complexity index is 1020. The third-order valence-electron chi connectivity index (χ3n) is 3.91. The summed E-state index contributed by atoms with van der Waals surface area (Å²) in [6.45, 7) is 5.02. The van der Waals surface area contributed by atoms with E-state index in [1.54, 1.807) is 13.8 Å². The number of benzene rings is 1. The number of fused-ring (bicyclic) bond motifs is 1. The summed E-state index contributed by atoms with van der Waals surface area (Å²) in [6.07, 6.45) is 0. The van der Waals surface area contributed by atoms with Gasteiger partial charge in [0.1, 0.15) is 5.00 Å². The van der Waals surface area contributed by atoms with Crippen LogP contribution in [0.4, 0.5) is 5.00 Å². The van der Waals surface area contributed by atoms with Gasteiger partial charge >= 0.3 is 5.97 Å². The summed E-state index contributed by atoms with van der Waals surface area (Å²) < 4.78 is 5.07. The van der Waals surface area contributed by atoms with Gasteiger partial charge in [-0.1, -0.05) is 23.9 Å². The molecule has 146 valence electrons. The second-order valence-corrected chi connectivity index (χ2v) is 7.92. The Morgan fingerprint density at radius 3 is 2.71 bits per heavy atom. The van der Waals surface area contributed by atoms with Gasteiger partial charge in [0.15, 0.2) is 10.9 Å². The van der Waals surface area contributed by atoms with Gasteiger partial charge in [-0.25, -0.2) is 9.78 Å². The number of H-pyrrole nitrogens is 1. The molecule has 3 rings (SSSR count). The first-order valence-corrected chi connectivity index (χ1v) is 10.4. The van der Waals surface area contributed by atoms with E-state index in [1.165, 1.54) is 18.7 Å². The Labute approximate surface area is 169 Å². The Balaban J connectivity index is 1.74. The zero-order valence-corrected chi connectivity index (χ0v) is 17.3. The SMILES string of the molecule is CCOC(=O)c1c(NC(=O)CSc2nc3ccccc3[nH]2)sc(C(C)=O)c1C. The number of nitrogens with one attached hydrogen (secondary N) is 2. The standard InChI is InChI=1S/C19H19N3O4S2/c1-4-26-18(25)15-10(2)16(11(3)23)28-17(15)22-14(24)9-27-19-20-12-7-5-6-8-13(12)21-19/h5-8H,4,9H2,1-3H3,(H,20,21)(H,22,24). The molecule has 0 saturated carbocycles. The molecule has 2 N–H and O–H groups in total. The van der Waals surface area contributed by atoms with Crippen molar-refractivity contribution in [1.29, 1.82) is 0 Å². The number of anilines is 1. The molecular weight excluding hydrogens is 398 g/mol. The summed E-state index contributed by atoms with van der Waals surface area (Å²) in [6, 6.07) is 7.60. The van der Waals surface area contributed by atoms with Gasteiger partial charge in [-0.3, -0.25) is 9.59 Å². The quantitative estimate of drug-likeness (QED) is 0.342. The monoisotopic (exact) mass is 417 g/mol. The van der Waals surface area contributed by atoms with E-state index in [0.717, 1.165) is 22.4 Å². The largest absolute Gasteiger partial charge is 0.462 e. The molecule has 9 heteroatoms. The summed E-state index contributed by atoms with van der Waals surface area (Å²) in [5.41, 5.74) is 2.49. The van der Waals surface area contributed by atoms with E-state index in [0.29, 0.717) is 20.6 Å². The molecule has 2 heterocycles. The molecule has 0 spiro atoms. The Morgan fingerprint density at radius 2 is 2.04 bits per heavy atom. The Hall–Kier alpha value is -2.65. The van der Waals surface area contributed by atoms with Crippen LogP contribution < -0.4 is 5.32 Å². The number of aromatic amines is 1. The van der Waals surface area contributed by atoms with Gasteiger partial charge in [-0.15, -0.1) is 11.3 Å². The van der Waals surface area contributed by atoms with Crippen LogP contribution in [0.2, 0.25) is 0 Å². The summed E-state index contributed by atoms with van der Waals surface area (Å²) >= 11 is 2.35. The highest BCUT2D eigenvalue weighted by atomic mass is 32.2. The van der Waals surface area contributed by atoms with Crippen molar-refractivity contribution in [1.82, 2.24) is 9.97 Å². The predicted octanol–water partition coefficient (Wildman–Crippen LogP) is 4.04. The van der Waals surface area contributed by atoms with Crippen LogP contribution in [0, 0.1) is 6.92 Å². The van der Waals surface area contributed by atoms with Gasteiger partial charge in [0.05, 0.1) is 33.8 Å². The second-order valence-electron chi connectivity index (χ2n) is 5.93. The van der Waals surface area contributed by atoms with Crippen molar-refractivity contribution in [2.24, 2.45) is 0 Å². The van der Waals surface area contributed by atoms with Gasteiger partial charge < -0.3 is 15.0 Å². The van der Waals surface area contributed by atoms with Crippen molar-refractivity contribution in [3.63, 3.8) is 0 Å². The van der Waals surface area contributed by atoms with E-state index < -0.39 is 5.97 Å². The minimum Gasteiger partial charge on any atom is -0.462 e. The molecule has 0 bridgehead atoms. The number of thioether (sulfide) groups is 1. The minimum atomic E-state index is -0.552. The number of aromatic nitrogens is 2. The van der Waals surface area contributed by atoms with Crippen LogP contribution in [0.5, 0.6) is 0 Å². The Morgan fingerprint density at radius 1 is 1.29 bits per heavy atom. The molecule has 0 atom stereocenters. The molecule has 1 amide bonds. The Kier molecular flexibility index (Phi) is 6.15. The summed E-state index contributed by atoms with van der Waals surface area (Å²) in [5.74, 6) is -0.907. The van der Waals surface area contributed by atoms with E-state index in [4.69, 9.17) is 4.74 Å². The molecule has 0 aliphatic heterocycles. The number of para-hydroxylation sites is 2. The molecule has 0 radical (unpaired) electrons. The first-order chi connectivity index (χ1) is 13.4. The van der Waals surface area contributed by atoms with Crippen LogP contribution in [0.15, 0.2) is 29.4 Å². The molecular formula is C19H19N3O4S2. The van der Waals surface area contributed by atoms with Crippen molar-refractivity contribution in [2.75, 3.05) is 17.7 Å². The maximum Gasteiger partial charge on any atom is 0.341 e. The maximum atomic E-state index is 12.4. The highest BCUT2D eigenvalue weighted by Gasteiger charge is 2.25. The number of ketones is 1. The van der Waals surface area contributed by atoms with Crippen LogP contribution in [-0.2, 0) is 9.53 Å². The molecule has 7 nitrogen and oxygen atoms in total. The van der Waals surface area contributed by atoms with E-state index in [9.17, 15) is 14.4 Å². The summed E-state index contributed by atoms with van der Waals surface area (Å²) in [4.78, 5) is 44.5. The number of hydrogen-bond donors (Lipinski definition) is 2. The van der Waals surface area contributed by atoms with Crippen LogP contribution in [0.25, 0.3) is 11.0 Å². The van der Waals surface area contributed by atoms with E-state index >= 15 is 0 Å². The van der Waals surface area contributed by atoms with Crippen molar-refractivity contribution in [3.05, 3.63) is 40.3 Å². The molecule has 28 heavy (non-hydrogen) atoms. The lowest BCUT2D eigenvalue weighted by Gasteiger charge is -2.06.